The largest absolute Gasteiger partial charge is 0.376 e. The Labute approximate surface area is 102 Å². The SMILES string of the molecule is CCCNC(C)c1nnnn1C1CCOC1C. The Morgan fingerprint density at radius 2 is 2.41 bits per heavy atom. The number of nitrogens with zero attached hydrogens (tertiary/aromatic N) is 4. The molecule has 6 heteroatoms. The van der Waals surface area contributed by atoms with E-state index in [1.54, 1.807) is 0 Å². The first-order chi connectivity index (χ1) is 8.24. The van der Waals surface area contributed by atoms with Gasteiger partial charge in [-0.25, -0.2) is 4.68 Å². The second kappa shape index (κ2) is 5.55. The molecule has 6 nitrogen and oxygen atoms in total. The normalized spacial score (nSPS) is 26.3. The Bertz CT molecular complexity index is 353. The van der Waals surface area contributed by atoms with Crippen LogP contribution in [0.25, 0.3) is 0 Å². The first kappa shape index (κ1) is 12.4. The summed E-state index contributed by atoms with van der Waals surface area (Å²) in [6, 6.07) is 0.448. The van der Waals surface area contributed by atoms with E-state index in [1.165, 1.54) is 0 Å². The van der Waals surface area contributed by atoms with Crippen molar-refractivity contribution in [3.63, 3.8) is 0 Å². The summed E-state index contributed by atoms with van der Waals surface area (Å²) in [5, 5.41) is 15.5. The average molecular weight is 239 g/mol. The molecule has 0 spiro atoms. The van der Waals surface area contributed by atoms with Crippen molar-refractivity contribution in [2.24, 2.45) is 0 Å². The Balaban J connectivity index is 2.10. The summed E-state index contributed by atoms with van der Waals surface area (Å²) >= 11 is 0. The zero-order valence-corrected chi connectivity index (χ0v) is 10.8. The van der Waals surface area contributed by atoms with Crippen LogP contribution < -0.4 is 5.32 Å². The summed E-state index contributed by atoms with van der Waals surface area (Å²) in [4.78, 5) is 0. The van der Waals surface area contributed by atoms with Gasteiger partial charge in [-0.2, -0.15) is 0 Å². The summed E-state index contributed by atoms with van der Waals surface area (Å²) in [5.41, 5.74) is 0. The summed E-state index contributed by atoms with van der Waals surface area (Å²) in [5.74, 6) is 0.904. The third kappa shape index (κ3) is 2.63. The number of hydrogen-bond donors (Lipinski definition) is 1. The predicted octanol–water partition coefficient (Wildman–Crippen LogP) is 1.08. The maximum atomic E-state index is 5.57. The molecular formula is C11H21N5O. The highest BCUT2D eigenvalue weighted by Gasteiger charge is 2.30. The number of nitrogens with one attached hydrogen (secondary N) is 1. The van der Waals surface area contributed by atoms with E-state index < -0.39 is 0 Å². The Morgan fingerprint density at radius 1 is 1.59 bits per heavy atom. The van der Waals surface area contributed by atoms with Gasteiger partial charge in [0, 0.05) is 6.61 Å². The molecule has 0 saturated carbocycles. The molecule has 3 atom stereocenters. The van der Waals surface area contributed by atoms with E-state index in [0.29, 0.717) is 0 Å². The molecule has 2 rings (SSSR count). The van der Waals surface area contributed by atoms with Crippen molar-refractivity contribution in [2.75, 3.05) is 13.2 Å². The highest BCUT2D eigenvalue weighted by Crippen LogP contribution is 2.26. The summed E-state index contributed by atoms with van der Waals surface area (Å²) < 4.78 is 7.49. The fraction of sp³-hybridized carbons (Fsp3) is 0.909. The monoisotopic (exact) mass is 239 g/mol. The van der Waals surface area contributed by atoms with Crippen LogP contribution >= 0.6 is 0 Å². The molecule has 0 aromatic carbocycles. The molecule has 2 heterocycles. The first-order valence-electron chi connectivity index (χ1n) is 6.36. The van der Waals surface area contributed by atoms with Gasteiger partial charge in [0.05, 0.1) is 18.2 Å². The van der Waals surface area contributed by atoms with E-state index in [2.05, 4.69) is 41.6 Å². The molecule has 1 saturated heterocycles. The second-order valence-electron chi connectivity index (χ2n) is 4.59. The number of hydrogen-bond acceptors (Lipinski definition) is 5. The number of tetrazole rings is 1. The van der Waals surface area contributed by atoms with Crippen LogP contribution in [0.15, 0.2) is 0 Å². The van der Waals surface area contributed by atoms with Crippen LogP contribution in [-0.4, -0.2) is 39.5 Å². The lowest BCUT2D eigenvalue weighted by Gasteiger charge is -2.18. The zero-order valence-electron chi connectivity index (χ0n) is 10.8. The Morgan fingerprint density at radius 3 is 3.06 bits per heavy atom. The summed E-state index contributed by atoms with van der Waals surface area (Å²) in [7, 11) is 0. The number of ether oxygens (including phenoxy) is 1. The van der Waals surface area contributed by atoms with Gasteiger partial charge in [0.2, 0.25) is 0 Å². The fourth-order valence-corrected chi connectivity index (χ4v) is 2.22. The highest BCUT2D eigenvalue weighted by molar-refractivity contribution is 4.94. The van der Waals surface area contributed by atoms with Gasteiger partial charge in [0.1, 0.15) is 0 Å². The van der Waals surface area contributed by atoms with E-state index in [9.17, 15) is 0 Å². The van der Waals surface area contributed by atoms with Gasteiger partial charge in [0.25, 0.3) is 0 Å². The standard InChI is InChI=1S/C11H21N5O/c1-4-6-12-8(2)11-13-14-15-16(11)10-5-7-17-9(10)3/h8-10,12H,4-7H2,1-3H3. The second-order valence-corrected chi connectivity index (χ2v) is 4.59. The lowest BCUT2D eigenvalue weighted by molar-refractivity contribution is 0.103. The van der Waals surface area contributed by atoms with Crippen molar-refractivity contribution in [1.29, 1.82) is 0 Å². The molecule has 1 aliphatic heterocycles. The van der Waals surface area contributed by atoms with E-state index in [4.69, 9.17) is 4.74 Å². The fourth-order valence-electron chi connectivity index (χ4n) is 2.22. The van der Waals surface area contributed by atoms with Gasteiger partial charge < -0.3 is 10.1 Å². The Hall–Kier alpha value is -1.01. The molecule has 1 aliphatic rings. The van der Waals surface area contributed by atoms with E-state index in [-0.39, 0.29) is 18.2 Å². The van der Waals surface area contributed by atoms with E-state index in [0.717, 1.165) is 31.8 Å². The quantitative estimate of drug-likeness (QED) is 0.833. The van der Waals surface area contributed by atoms with Crippen molar-refractivity contribution in [2.45, 2.75) is 51.8 Å². The van der Waals surface area contributed by atoms with Gasteiger partial charge in [-0.1, -0.05) is 6.92 Å². The minimum atomic E-state index is 0.178. The summed E-state index contributed by atoms with van der Waals surface area (Å²) in [6.45, 7) is 8.09. The van der Waals surface area contributed by atoms with Crippen molar-refractivity contribution in [1.82, 2.24) is 25.5 Å². The molecule has 1 aromatic rings. The molecule has 0 aliphatic carbocycles. The van der Waals surface area contributed by atoms with Gasteiger partial charge in [-0.05, 0) is 43.7 Å². The van der Waals surface area contributed by atoms with Gasteiger partial charge in [-0.3, -0.25) is 0 Å². The third-order valence-electron chi connectivity index (χ3n) is 3.26. The van der Waals surface area contributed by atoms with Crippen molar-refractivity contribution in [3.05, 3.63) is 5.82 Å². The molecule has 1 aromatic heterocycles. The van der Waals surface area contributed by atoms with E-state index >= 15 is 0 Å². The van der Waals surface area contributed by atoms with Crippen molar-refractivity contribution < 1.29 is 4.74 Å². The topological polar surface area (TPSA) is 64.9 Å². The lowest BCUT2D eigenvalue weighted by Crippen LogP contribution is -2.27. The van der Waals surface area contributed by atoms with E-state index in [1.807, 2.05) is 4.68 Å². The lowest BCUT2D eigenvalue weighted by atomic mass is 10.1. The molecule has 17 heavy (non-hydrogen) atoms. The van der Waals surface area contributed by atoms with Gasteiger partial charge >= 0.3 is 0 Å². The maximum Gasteiger partial charge on any atom is 0.168 e. The molecule has 1 fully saturated rings. The molecule has 96 valence electrons. The van der Waals surface area contributed by atoms with Gasteiger partial charge in [0.15, 0.2) is 5.82 Å². The molecule has 0 radical (unpaired) electrons. The number of rotatable bonds is 5. The number of aromatic nitrogens is 4. The molecule has 0 amide bonds. The molecule has 3 unspecified atom stereocenters. The third-order valence-corrected chi connectivity index (χ3v) is 3.26. The smallest absolute Gasteiger partial charge is 0.168 e. The van der Waals surface area contributed by atoms with Crippen LogP contribution in [0.4, 0.5) is 0 Å². The Kier molecular flexibility index (Phi) is 4.06. The molecular weight excluding hydrogens is 218 g/mol. The van der Waals surface area contributed by atoms with Crippen molar-refractivity contribution in [3.8, 4) is 0 Å². The summed E-state index contributed by atoms with van der Waals surface area (Å²) in [6.07, 6.45) is 2.28. The van der Waals surface area contributed by atoms with Crippen LogP contribution in [0.3, 0.4) is 0 Å². The zero-order chi connectivity index (χ0) is 12.3. The molecule has 0 bridgehead atoms. The van der Waals surface area contributed by atoms with Crippen LogP contribution in [0.5, 0.6) is 0 Å². The van der Waals surface area contributed by atoms with Crippen LogP contribution in [0.1, 0.15) is 51.5 Å². The van der Waals surface area contributed by atoms with Crippen molar-refractivity contribution >= 4 is 0 Å². The minimum Gasteiger partial charge on any atom is -0.376 e. The maximum absolute atomic E-state index is 5.57. The average Bonchev–Trinajstić information content (AvgIpc) is 2.93. The van der Waals surface area contributed by atoms with Crippen LogP contribution in [-0.2, 0) is 4.74 Å². The van der Waals surface area contributed by atoms with Gasteiger partial charge in [-0.15, -0.1) is 5.10 Å². The first-order valence-corrected chi connectivity index (χ1v) is 6.36. The molecule has 1 N–H and O–H groups in total. The highest BCUT2D eigenvalue weighted by atomic mass is 16.5. The van der Waals surface area contributed by atoms with Crippen LogP contribution in [0.2, 0.25) is 0 Å². The minimum absolute atomic E-state index is 0.178. The van der Waals surface area contributed by atoms with Crippen LogP contribution in [0, 0.1) is 0 Å². The predicted molar refractivity (Wildman–Crippen MR) is 63.6 cm³/mol.